The Labute approximate surface area is 141 Å². The number of hydrogen-bond donors (Lipinski definition) is 2. The third-order valence-corrected chi connectivity index (χ3v) is 4.47. The summed E-state index contributed by atoms with van der Waals surface area (Å²) in [5, 5.41) is 18.2. The highest BCUT2D eigenvalue weighted by Crippen LogP contribution is 2.15. The summed E-state index contributed by atoms with van der Waals surface area (Å²) < 4.78 is 0. The van der Waals surface area contributed by atoms with Gasteiger partial charge in [0.05, 0.1) is 0 Å². The topological polar surface area (TPSA) is 74.6 Å². The van der Waals surface area contributed by atoms with Crippen molar-refractivity contribution in [2.75, 3.05) is 0 Å². The van der Waals surface area contributed by atoms with Crippen molar-refractivity contribution in [1.29, 1.82) is 0 Å². The molecular formula is C19H36O4. The lowest BCUT2D eigenvalue weighted by molar-refractivity contribution is -0.163. The maximum absolute atomic E-state index is 11.6. The summed E-state index contributed by atoms with van der Waals surface area (Å²) in [4.78, 5) is 22.3. The Balaban J connectivity index is 3.34. The number of carbonyl (C=O) groups excluding carboxylic acids is 1. The molecule has 0 aromatic carbocycles. The first kappa shape index (κ1) is 22.1. The molecule has 0 heterocycles. The van der Waals surface area contributed by atoms with Crippen LogP contribution in [0.2, 0.25) is 0 Å². The van der Waals surface area contributed by atoms with E-state index in [1.165, 1.54) is 64.2 Å². The molecule has 0 bridgehead atoms. The van der Waals surface area contributed by atoms with E-state index in [2.05, 4.69) is 6.92 Å². The van der Waals surface area contributed by atoms with E-state index < -0.39 is 17.4 Å². The van der Waals surface area contributed by atoms with E-state index in [-0.39, 0.29) is 6.42 Å². The summed E-state index contributed by atoms with van der Waals surface area (Å²) >= 11 is 0. The number of ketones is 1. The van der Waals surface area contributed by atoms with Crippen LogP contribution >= 0.6 is 0 Å². The average molecular weight is 328 g/mol. The molecule has 0 saturated heterocycles. The van der Waals surface area contributed by atoms with Crippen molar-refractivity contribution >= 4 is 11.8 Å². The Morgan fingerprint density at radius 1 is 0.739 bits per heavy atom. The molecule has 4 heteroatoms. The third-order valence-electron chi connectivity index (χ3n) is 4.47. The second-order valence-electron chi connectivity index (χ2n) is 6.79. The number of unbranched alkanes of at least 4 members (excludes halogenated alkanes) is 12. The zero-order valence-electron chi connectivity index (χ0n) is 15.1. The predicted molar refractivity (Wildman–Crippen MR) is 93.6 cm³/mol. The van der Waals surface area contributed by atoms with Gasteiger partial charge in [0, 0.05) is 6.42 Å². The molecule has 0 aliphatic rings. The number of aliphatic carboxylic acids is 1. The molecule has 0 aliphatic heterocycles. The first-order valence-electron chi connectivity index (χ1n) is 9.42. The summed E-state index contributed by atoms with van der Waals surface area (Å²) in [6.07, 6.45) is 16.0. The molecule has 0 amide bonds. The molecule has 2 N–H and O–H groups in total. The van der Waals surface area contributed by atoms with E-state index >= 15 is 0 Å². The van der Waals surface area contributed by atoms with Crippen molar-refractivity contribution in [2.24, 2.45) is 0 Å². The van der Waals surface area contributed by atoms with Gasteiger partial charge in [0.25, 0.3) is 0 Å². The second kappa shape index (κ2) is 13.5. The lowest BCUT2D eigenvalue weighted by Crippen LogP contribution is -2.43. The lowest BCUT2D eigenvalue weighted by Gasteiger charge is -2.15. The zero-order chi connectivity index (χ0) is 17.6. The number of carboxylic acid groups (broad SMARTS) is 1. The second-order valence-corrected chi connectivity index (χ2v) is 6.79. The van der Waals surface area contributed by atoms with Gasteiger partial charge in [-0.25, -0.2) is 4.79 Å². The number of rotatable bonds is 16. The van der Waals surface area contributed by atoms with Crippen LogP contribution in [0.3, 0.4) is 0 Å². The molecule has 0 fully saturated rings. The smallest absolute Gasteiger partial charge is 0.343 e. The molecule has 0 radical (unpaired) electrons. The molecule has 1 atom stereocenters. The Hall–Kier alpha value is -0.900. The molecular weight excluding hydrogens is 292 g/mol. The van der Waals surface area contributed by atoms with Crippen LogP contribution in [0, 0.1) is 0 Å². The highest BCUT2D eigenvalue weighted by atomic mass is 16.4. The molecule has 4 nitrogen and oxygen atoms in total. The zero-order valence-corrected chi connectivity index (χ0v) is 15.1. The molecule has 23 heavy (non-hydrogen) atoms. The maximum atomic E-state index is 11.6. The van der Waals surface area contributed by atoms with Crippen LogP contribution in [-0.4, -0.2) is 27.6 Å². The van der Waals surface area contributed by atoms with Gasteiger partial charge in [0.1, 0.15) is 0 Å². The van der Waals surface area contributed by atoms with Gasteiger partial charge >= 0.3 is 5.97 Å². The Bertz CT molecular complexity index is 323. The quantitative estimate of drug-likeness (QED) is 0.313. The van der Waals surface area contributed by atoms with Crippen LogP contribution < -0.4 is 0 Å². The van der Waals surface area contributed by atoms with E-state index in [1.54, 1.807) is 0 Å². The van der Waals surface area contributed by atoms with Crippen LogP contribution in [0.25, 0.3) is 0 Å². The molecule has 0 unspecified atom stereocenters. The van der Waals surface area contributed by atoms with Gasteiger partial charge in [-0.05, 0) is 13.3 Å². The maximum Gasteiger partial charge on any atom is 0.343 e. The van der Waals surface area contributed by atoms with Gasteiger partial charge in [-0.1, -0.05) is 84.0 Å². The predicted octanol–water partition coefficient (Wildman–Crippen LogP) is 4.87. The van der Waals surface area contributed by atoms with Crippen molar-refractivity contribution in [3.8, 4) is 0 Å². The van der Waals surface area contributed by atoms with Gasteiger partial charge in [0.2, 0.25) is 5.60 Å². The SMILES string of the molecule is CCCCCCCCCCCCCCCC(=O)[C@](C)(O)C(=O)O. The van der Waals surface area contributed by atoms with Crippen LogP contribution in [0.5, 0.6) is 0 Å². The van der Waals surface area contributed by atoms with E-state index in [9.17, 15) is 14.7 Å². The molecule has 136 valence electrons. The Morgan fingerprint density at radius 3 is 1.43 bits per heavy atom. The average Bonchev–Trinajstić information content (AvgIpc) is 2.51. The van der Waals surface area contributed by atoms with Gasteiger partial charge in [-0.2, -0.15) is 0 Å². The minimum atomic E-state index is -2.23. The number of carboxylic acids is 1. The number of Topliss-reactive ketones (excluding diaryl/α,β-unsaturated/α-hetero) is 1. The van der Waals surface area contributed by atoms with Crippen LogP contribution in [0.15, 0.2) is 0 Å². The third kappa shape index (κ3) is 11.3. The van der Waals surface area contributed by atoms with Crippen molar-refractivity contribution in [3.63, 3.8) is 0 Å². The van der Waals surface area contributed by atoms with Gasteiger partial charge in [-0.3, -0.25) is 4.79 Å². The summed E-state index contributed by atoms with van der Waals surface area (Å²) in [5.41, 5.74) is -2.23. The van der Waals surface area contributed by atoms with Crippen molar-refractivity contribution in [2.45, 2.75) is 109 Å². The lowest BCUT2D eigenvalue weighted by atomic mass is 9.96. The summed E-state index contributed by atoms with van der Waals surface area (Å²) in [6, 6.07) is 0. The van der Waals surface area contributed by atoms with Gasteiger partial charge in [-0.15, -0.1) is 0 Å². The van der Waals surface area contributed by atoms with Gasteiger partial charge in [0.15, 0.2) is 5.78 Å². The minimum absolute atomic E-state index is 0.150. The number of carbonyl (C=O) groups is 2. The van der Waals surface area contributed by atoms with E-state index in [4.69, 9.17) is 5.11 Å². The molecule has 0 spiro atoms. The van der Waals surface area contributed by atoms with Crippen molar-refractivity contribution in [1.82, 2.24) is 0 Å². The molecule has 0 aromatic heterocycles. The normalized spacial score (nSPS) is 13.7. The van der Waals surface area contributed by atoms with Crippen molar-refractivity contribution < 1.29 is 19.8 Å². The Morgan fingerprint density at radius 2 is 1.09 bits per heavy atom. The first-order chi connectivity index (χ1) is 10.9. The van der Waals surface area contributed by atoms with Gasteiger partial charge < -0.3 is 10.2 Å². The fourth-order valence-electron chi connectivity index (χ4n) is 2.67. The van der Waals surface area contributed by atoms with Crippen LogP contribution in [-0.2, 0) is 9.59 Å². The van der Waals surface area contributed by atoms with Crippen LogP contribution in [0.4, 0.5) is 0 Å². The summed E-state index contributed by atoms with van der Waals surface area (Å²) in [5.74, 6) is -2.05. The summed E-state index contributed by atoms with van der Waals surface area (Å²) in [7, 11) is 0. The molecule has 0 rings (SSSR count). The molecule has 0 aliphatic carbocycles. The van der Waals surface area contributed by atoms with Crippen molar-refractivity contribution in [3.05, 3.63) is 0 Å². The number of hydrogen-bond acceptors (Lipinski definition) is 3. The summed E-state index contributed by atoms with van der Waals surface area (Å²) in [6.45, 7) is 3.30. The number of aliphatic hydroxyl groups is 1. The fraction of sp³-hybridized carbons (Fsp3) is 0.895. The minimum Gasteiger partial charge on any atom is -0.479 e. The molecule has 0 saturated carbocycles. The van der Waals surface area contributed by atoms with E-state index in [0.717, 1.165) is 19.8 Å². The first-order valence-corrected chi connectivity index (χ1v) is 9.42. The fourth-order valence-corrected chi connectivity index (χ4v) is 2.67. The standard InChI is InChI=1S/C19H36O4/c1-3-4-5-6-7-8-9-10-11-12-13-14-15-16-17(20)19(2,23)18(21)22/h23H,3-16H2,1-2H3,(H,21,22)/t19-/m0/s1. The van der Waals surface area contributed by atoms with E-state index in [0.29, 0.717) is 6.42 Å². The van der Waals surface area contributed by atoms with Crippen LogP contribution in [0.1, 0.15) is 104 Å². The molecule has 0 aromatic rings. The highest BCUT2D eigenvalue weighted by Gasteiger charge is 2.37. The van der Waals surface area contributed by atoms with E-state index in [1.807, 2.05) is 0 Å². The largest absolute Gasteiger partial charge is 0.479 e. The Kier molecular flexibility index (Phi) is 13.0. The monoisotopic (exact) mass is 328 g/mol. The highest BCUT2D eigenvalue weighted by molar-refractivity contribution is 6.05.